The second-order valence-electron chi connectivity index (χ2n) is 5.40. The number of sulfone groups is 1. The zero-order valence-electron chi connectivity index (χ0n) is 10.6. The number of fused-ring (bicyclic) bond motifs is 2. The monoisotopic (exact) mass is 305 g/mol. The summed E-state index contributed by atoms with van der Waals surface area (Å²) >= 11 is 0. The third-order valence-corrected chi connectivity index (χ3v) is 5.71. The fourth-order valence-corrected chi connectivity index (χ4v) is 4.23. The van der Waals surface area contributed by atoms with E-state index in [0.29, 0.717) is 12.5 Å². The molecule has 1 saturated carbocycles. The lowest BCUT2D eigenvalue weighted by Crippen LogP contribution is -2.34. The predicted molar refractivity (Wildman–Crippen MR) is 68.2 cm³/mol. The first-order chi connectivity index (χ1) is 9.30. The van der Waals surface area contributed by atoms with Crippen molar-refractivity contribution in [2.24, 2.45) is 5.92 Å². The van der Waals surface area contributed by atoms with Crippen molar-refractivity contribution in [3.05, 3.63) is 24.3 Å². The normalized spacial score (nSPS) is 26.2. The van der Waals surface area contributed by atoms with Crippen LogP contribution >= 0.6 is 0 Å². The van der Waals surface area contributed by atoms with Gasteiger partial charge in [0.05, 0.1) is 10.6 Å². The van der Waals surface area contributed by atoms with Gasteiger partial charge in [-0.05, 0) is 37.3 Å². The Morgan fingerprint density at radius 1 is 1.15 bits per heavy atom. The summed E-state index contributed by atoms with van der Waals surface area (Å²) in [5.41, 5.74) is -5.07. The topological polar surface area (TPSA) is 37.4 Å². The number of hydrogen-bond acceptors (Lipinski definition) is 3. The molecule has 0 radical (unpaired) electrons. The van der Waals surface area contributed by atoms with Crippen LogP contribution in [0.5, 0.6) is 0 Å². The molecular formula is C13H14F3NO2S. The third kappa shape index (κ3) is 1.99. The van der Waals surface area contributed by atoms with Gasteiger partial charge in [0.1, 0.15) is 0 Å². The molecule has 0 aromatic heterocycles. The molecule has 0 N–H and O–H groups in total. The molecule has 2 bridgehead atoms. The molecule has 2 aliphatic rings. The van der Waals surface area contributed by atoms with Gasteiger partial charge in [-0.15, -0.1) is 0 Å². The van der Waals surface area contributed by atoms with E-state index in [1.54, 1.807) is 6.07 Å². The van der Waals surface area contributed by atoms with Crippen molar-refractivity contribution in [2.75, 3.05) is 11.4 Å². The Kier molecular flexibility index (Phi) is 3.00. The summed E-state index contributed by atoms with van der Waals surface area (Å²) in [5.74, 6) is 0.474. The van der Waals surface area contributed by atoms with Crippen LogP contribution in [0.2, 0.25) is 0 Å². The predicted octanol–water partition coefficient (Wildman–Crippen LogP) is 2.97. The Hall–Kier alpha value is -1.24. The van der Waals surface area contributed by atoms with E-state index < -0.39 is 20.2 Å². The summed E-state index contributed by atoms with van der Waals surface area (Å²) < 4.78 is 61.7. The van der Waals surface area contributed by atoms with Crippen LogP contribution in [-0.2, 0) is 9.84 Å². The van der Waals surface area contributed by atoms with Crippen LogP contribution in [0.15, 0.2) is 29.2 Å². The molecular weight excluding hydrogens is 291 g/mol. The largest absolute Gasteiger partial charge is 0.501 e. The summed E-state index contributed by atoms with van der Waals surface area (Å²) in [6, 6.07) is 5.60. The first-order valence-corrected chi connectivity index (χ1v) is 7.96. The number of piperidine rings is 1. The minimum absolute atomic E-state index is 0.171. The van der Waals surface area contributed by atoms with E-state index >= 15 is 0 Å². The molecule has 110 valence electrons. The molecule has 0 spiro atoms. The smallest absolute Gasteiger partial charge is 0.367 e. The highest BCUT2D eigenvalue weighted by atomic mass is 32.2. The van der Waals surface area contributed by atoms with Gasteiger partial charge in [-0.25, -0.2) is 8.42 Å². The maximum absolute atomic E-state index is 12.8. The van der Waals surface area contributed by atoms with Gasteiger partial charge in [0.2, 0.25) is 0 Å². The van der Waals surface area contributed by atoms with E-state index in [0.717, 1.165) is 25.3 Å². The van der Waals surface area contributed by atoms with Crippen molar-refractivity contribution >= 4 is 15.5 Å². The Bertz CT molecular complexity index is 627. The van der Waals surface area contributed by atoms with Gasteiger partial charge in [-0.1, -0.05) is 12.1 Å². The van der Waals surface area contributed by atoms with Gasteiger partial charge in [0.25, 0.3) is 9.84 Å². The second kappa shape index (κ2) is 4.38. The van der Waals surface area contributed by atoms with Crippen LogP contribution in [0.25, 0.3) is 0 Å². The fourth-order valence-electron chi connectivity index (χ4n) is 3.27. The van der Waals surface area contributed by atoms with E-state index in [2.05, 4.69) is 0 Å². The summed E-state index contributed by atoms with van der Waals surface area (Å²) in [6.07, 6.45) is 2.95. The average molecular weight is 305 g/mol. The van der Waals surface area contributed by atoms with Gasteiger partial charge in [-0.2, -0.15) is 13.2 Å². The maximum Gasteiger partial charge on any atom is 0.501 e. The molecule has 0 amide bonds. The van der Waals surface area contributed by atoms with E-state index in [-0.39, 0.29) is 11.7 Å². The second-order valence-corrected chi connectivity index (χ2v) is 7.31. The molecule has 1 heterocycles. The molecule has 2 fully saturated rings. The van der Waals surface area contributed by atoms with Crippen LogP contribution in [0.3, 0.4) is 0 Å². The first-order valence-electron chi connectivity index (χ1n) is 6.48. The zero-order valence-corrected chi connectivity index (χ0v) is 11.4. The molecule has 3 nitrogen and oxygen atoms in total. The Labute approximate surface area is 115 Å². The molecule has 20 heavy (non-hydrogen) atoms. The van der Waals surface area contributed by atoms with Crippen molar-refractivity contribution in [1.82, 2.24) is 0 Å². The molecule has 2 atom stereocenters. The molecule has 1 saturated heterocycles. The van der Waals surface area contributed by atoms with Crippen molar-refractivity contribution in [1.29, 1.82) is 0 Å². The average Bonchev–Trinajstić information content (AvgIpc) is 2.99. The third-order valence-electron chi connectivity index (χ3n) is 4.18. The van der Waals surface area contributed by atoms with Gasteiger partial charge in [-0.3, -0.25) is 0 Å². The minimum atomic E-state index is -5.30. The number of benzene rings is 1. The maximum atomic E-state index is 12.8. The molecule has 1 aromatic rings. The highest BCUT2D eigenvalue weighted by molar-refractivity contribution is 7.92. The lowest BCUT2D eigenvalue weighted by Gasteiger charge is -2.30. The van der Waals surface area contributed by atoms with Crippen LogP contribution in [0.4, 0.5) is 18.9 Å². The van der Waals surface area contributed by atoms with Crippen molar-refractivity contribution in [2.45, 2.75) is 35.7 Å². The summed E-state index contributed by atoms with van der Waals surface area (Å²) in [7, 11) is -5.30. The van der Waals surface area contributed by atoms with Crippen LogP contribution in [-0.4, -0.2) is 26.5 Å². The molecule has 3 rings (SSSR count). The number of alkyl halides is 3. The quantitative estimate of drug-likeness (QED) is 0.843. The number of halogens is 3. The van der Waals surface area contributed by atoms with Gasteiger partial charge < -0.3 is 4.90 Å². The van der Waals surface area contributed by atoms with Gasteiger partial charge in [0.15, 0.2) is 0 Å². The molecule has 2 unspecified atom stereocenters. The molecule has 1 aliphatic heterocycles. The lowest BCUT2D eigenvalue weighted by atomic mass is 10.1. The van der Waals surface area contributed by atoms with Crippen LogP contribution in [0.1, 0.15) is 19.3 Å². The Morgan fingerprint density at radius 2 is 1.85 bits per heavy atom. The van der Waals surface area contributed by atoms with Crippen molar-refractivity contribution in [3.63, 3.8) is 0 Å². The van der Waals surface area contributed by atoms with E-state index in [4.69, 9.17) is 0 Å². The van der Waals surface area contributed by atoms with Gasteiger partial charge >= 0.3 is 5.51 Å². The highest BCUT2D eigenvalue weighted by Crippen LogP contribution is 2.43. The lowest BCUT2D eigenvalue weighted by molar-refractivity contribution is -0.0435. The summed E-state index contributed by atoms with van der Waals surface area (Å²) in [6.45, 7) is 0.648. The standard InChI is InChI=1S/C13H14F3NO2S/c14-13(15,16)20(18,19)12-4-2-1-3-11(12)17-8-9-5-6-10(17)7-9/h1-4,9-10H,5-8H2. The molecule has 1 aliphatic carbocycles. The van der Waals surface area contributed by atoms with Crippen LogP contribution < -0.4 is 4.90 Å². The SMILES string of the molecule is O=S(=O)(c1ccccc1N1CC2CCC1C2)C(F)(F)F. The summed E-state index contributed by atoms with van der Waals surface area (Å²) in [5, 5.41) is 0. The van der Waals surface area contributed by atoms with E-state index in [9.17, 15) is 21.6 Å². The van der Waals surface area contributed by atoms with Crippen LogP contribution in [0, 0.1) is 5.92 Å². The summed E-state index contributed by atoms with van der Waals surface area (Å²) in [4.78, 5) is 1.20. The number of anilines is 1. The van der Waals surface area contributed by atoms with E-state index in [1.165, 1.54) is 12.1 Å². The zero-order chi connectivity index (χ0) is 14.5. The Morgan fingerprint density at radius 3 is 2.40 bits per heavy atom. The minimum Gasteiger partial charge on any atom is -0.367 e. The number of para-hydroxylation sites is 1. The first kappa shape index (κ1) is 13.7. The number of rotatable bonds is 2. The molecule has 7 heteroatoms. The van der Waals surface area contributed by atoms with Crippen molar-refractivity contribution in [3.8, 4) is 0 Å². The van der Waals surface area contributed by atoms with E-state index in [1.807, 2.05) is 4.90 Å². The van der Waals surface area contributed by atoms with Crippen molar-refractivity contribution < 1.29 is 21.6 Å². The fraction of sp³-hybridized carbons (Fsp3) is 0.538. The highest BCUT2D eigenvalue weighted by Gasteiger charge is 2.49. The molecule has 1 aromatic carbocycles. The van der Waals surface area contributed by atoms with Gasteiger partial charge in [0, 0.05) is 12.6 Å². The number of hydrogen-bond donors (Lipinski definition) is 0. The Balaban J connectivity index is 2.06. The number of nitrogens with zero attached hydrogens (tertiary/aromatic N) is 1.